The standard InChI is InChI=1S/C18H22Cl2N4O2/c1-3-8-24(18(26)7-4-13-10-21-23(2)11-13)12-17(25)22-16-6-5-14(19)9-15(16)20/h5-6,9-11H,3-4,7-8,12H2,1-2H3,(H,22,25). The predicted molar refractivity (Wildman–Crippen MR) is 103 cm³/mol. The zero-order chi connectivity index (χ0) is 19.1. The van der Waals surface area contributed by atoms with Crippen LogP contribution in [0.2, 0.25) is 10.0 Å². The minimum absolute atomic E-state index is 0.0152. The molecule has 8 heteroatoms. The Morgan fingerprint density at radius 2 is 2.08 bits per heavy atom. The summed E-state index contributed by atoms with van der Waals surface area (Å²) in [6.07, 6.45) is 5.32. The van der Waals surface area contributed by atoms with Gasteiger partial charge in [0.15, 0.2) is 0 Å². The van der Waals surface area contributed by atoms with Gasteiger partial charge in [0.2, 0.25) is 11.8 Å². The molecule has 0 fully saturated rings. The highest BCUT2D eigenvalue weighted by molar-refractivity contribution is 6.36. The Kier molecular flexibility index (Phi) is 7.48. The van der Waals surface area contributed by atoms with Crippen molar-refractivity contribution in [3.8, 4) is 0 Å². The van der Waals surface area contributed by atoms with Crippen LogP contribution >= 0.6 is 23.2 Å². The van der Waals surface area contributed by atoms with Crippen molar-refractivity contribution in [3.63, 3.8) is 0 Å². The Balaban J connectivity index is 1.92. The van der Waals surface area contributed by atoms with Crippen molar-refractivity contribution >= 4 is 40.7 Å². The van der Waals surface area contributed by atoms with E-state index < -0.39 is 0 Å². The lowest BCUT2D eigenvalue weighted by molar-refractivity contribution is -0.134. The number of nitrogens with zero attached hydrogens (tertiary/aromatic N) is 3. The molecule has 1 aromatic heterocycles. The molecule has 1 aromatic carbocycles. The summed E-state index contributed by atoms with van der Waals surface area (Å²) >= 11 is 11.9. The van der Waals surface area contributed by atoms with E-state index in [1.165, 1.54) is 0 Å². The summed E-state index contributed by atoms with van der Waals surface area (Å²) in [7, 11) is 1.83. The van der Waals surface area contributed by atoms with E-state index in [1.807, 2.05) is 20.2 Å². The van der Waals surface area contributed by atoms with Crippen LogP contribution in [0.5, 0.6) is 0 Å². The van der Waals surface area contributed by atoms with Crippen molar-refractivity contribution in [1.82, 2.24) is 14.7 Å². The number of nitrogens with one attached hydrogen (secondary N) is 1. The van der Waals surface area contributed by atoms with Gasteiger partial charge in [-0.3, -0.25) is 14.3 Å². The van der Waals surface area contributed by atoms with E-state index in [0.717, 1.165) is 12.0 Å². The lowest BCUT2D eigenvalue weighted by Gasteiger charge is -2.21. The number of carbonyl (C=O) groups excluding carboxylic acids is 2. The highest BCUT2D eigenvalue weighted by atomic mass is 35.5. The molecular formula is C18H22Cl2N4O2. The number of hydrogen-bond acceptors (Lipinski definition) is 3. The number of anilines is 1. The van der Waals surface area contributed by atoms with Crippen molar-refractivity contribution in [1.29, 1.82) is 0 Å². The minimum Gasteiger partial charge on any atom is -0.333 e. The first-order chi connectivity index (χ1) is 12.4. The van der Waals surface area contributed by atoms with Gasteiger partial charge in [-0.1, -0.05) is 30.1 Å². The van der Waals surface area contributed by atoms with E-state index in [1.54, 1.807) is 34.0 Å². The lowest BCUT2D eigenvalue weighted by atomic mass is 10.2. The van der Waals surface area contributed by atoms with Gasteiger partial charge in [0.05, 0.1) is 23.5 Å². The van der Waals surface area contributed by atoms with Gasteiger partial charge < -0.3 is 10.2 Å². The van der Waals surface area contributed by atoms with Crippen LogP contribution in [0.4, 0.5) is 5.69 Å². The lowest BCUT2D eigenvalue weighted by Crippen LogP contribution is -2.38. The van der Waals surface area contributed by atoms with Crippen molar-refractivity contribution in [3.05, 3.63) is 46.2 Å². The molecule has 0 atom stereocenters. The molecule has 0 radical (unpaired) electrons. The van der Waals surface area contributed by atoms with Crippen LogP contribution < -0.4 is 5.32 Å². The van der Waals surface area contributed by atoms with Crippen LogP contribution in [0, 0.1) is 0 Å². The van der Waals surface area contributed by atoms with Gasteiger partial charge in [0.1, 0.15) is 0 Å². The Hall–Kier alpha value is -2.05. The fourth-order valence-electron chi connectivity index (χ4n) is 2.53. The van der Waals surface area contributed by atoms with Crippen molar-refractivity contribution in [2.24, 2.45) is 7.05 Å². The van der Waals surface area contributed by atoms with Crippen LogP contribution in [0.1, 0.15) is 25.3 Å². The van der Waals surface area contributed by atoms with E-state index in [-0.39, 0.29) is 18.4 Å². The first-order valence-corrected chi connectivity index (χ1v) is 9.14. The number of aryl methyl sites for hydroxylation is 2. The average molecular weight is 397 g/mol. The summed E-state index contributed by atoms with van der Waals surface area (Å²) in [4.78, 5) is 26.4. The Morgan fingerprint density at radius 3 is 2.69 bits per heavy atom. The second kappa shape index (κ2) is 9.59. The molecule has 2 aromatic rings. The maximum Gasteiger partial charge on any atom is 0.244 e. The van der Waals surface area contributed by atoms with E-state index in [0.29, 0.717) is 35.1 Å². The number of aromatic nitrogens is 2. The molecule has 140 valence electrons. The average Bonchev–Trinajstić information content (AvgIpc) is 3.00. The van der Waals surface area contributed by atoms with E-state index in [9.17, 15) is 9.59 Å². The molecule has 0 aliphatic rings. The molecule has 0 unspecified atom stereocenters. The number of halogens is 2. The van der Waals surface area contributed by atoms with E-state index in [2.05, 4.69) is 10.4 Å². The van der Waals surface area contributed by atoms with Gasteiger partial charge in [-0.2, -0.15) is 5.10 Å². The molecule has 0 aliphatic heterocycles. The molecule has 0 saturated carbocycles. The zero-order valence-electron chi connectivity index (χ0n) is 14.8. The summed E-state index contributed by atoms with van der Waals surface area (Å²) in [6, 6.07) is 4.84. The molecule has 0 aliphatic carbocycles. The SMILES string of the molecule is CCCN(CC(=O)Nc1ccc(Cl)cc1Cl)C(=O)CCc1cnn(C)c1. The second-order valence-corrected chi connectivity index (χ2v) is 6.85. The summed E-state index contributed by atoms with van der Waals surface area (Å²) in [5.74, 6) is -0.356. The summed E-state index contributed by atoms with van der Waals surface area (Å²) in [6.45, 7) is 2.47. The molecule has 6 nitrogen and oxygen atoms in total. The highest BCUT2D eigenvalue weighted by Gasteiger charge is 2.17. The quantitative estimate of drug-likeness (QED) is 0.741. The van der Waals surface area contributed by atoms with Crippen LogP contribution in [0.25, 0.3) is 0 Å². The fourth-order valence-corrected chi connectivity index (χ4v) is 2.98. The third-order valence-corrected chi connectivity index (χ3v) is 4.32. The first kappa shape index (κ1) is 20.3. The van der Waals surface area contributed by atoms with Gasteiger partial charge >= 0.3 is 0 Å². The van der Waals surface area contributed by atoms with Gasteiger partial charge in [-0.15, -0.1) is 0 Å². The predicted octanol–water partition coefficient (Wildman–Crippen LogP) is 3.54. The molecule has 1 N–H and O–H groups in total. The molecule has 1 heterocycles. The molecule has 0 bridgehead atoms. The second-order valence-electron chi connectivity index (χ2n) is 6.01. The van der Waals surface area contributed by atoms with Crippen LogP contribution in [-0.2, 0) is 23.1 Å². The molecule has 0 spiro atoms. The van der Waals surface area contributed by atoms with Crippen molar-refractivity contribution in [2.75, 3.05) is 18.4 Å². The van der Waals surface area contributed by atoms with Crippen molar-refractivity contribution < 1.29 is 9.59 Å². The topological polar surface area (TPSA) is 67.2 Å². The minimum atomic E-state index is -0.294. The Bertz CT molecular complexity index is 776. The van der Waals surface area contributed by atoms with Crippen LogP contribution in [0.3, 0.4) is 0 Å². The summed E-state index contributed by atoms with van der Waals surface area (Å²) < 4.78 is 1.70. The van der Waals surface area contributed by atoms with E-state index >= 15 is 0 Å². The molecular weight excluding hydrogens is 375 g/mol. The number of rotatable bonds is 8. The third-order valence-electron chi connectivity index (χ3n) is 3.77. The zero-order valence-corrected chi connectivity index (χ0v) is 16.3. The maximum absolute atomic E-state index is 12.5. The fraction of sp³-hybridized carbons (Fsp3) is 0.389. The van der Waals surface area contributed by atoms with Crippen LogP contribution in [0.15, 0.2) is 30.6 Å². The Morgan fingerprint density at radius 1 is 1.31 bits per heavy atom. The summed E-state index contributed by atoms with van der Waals surface area (Å²) in [5, 5.41) is 7.66. The van der Waals surface area contributed by atoms with Gasteiger partial charge in [-0.05, 0) is 36.6 Å². The first-order valence-electron chi connectivity index (χ1n) is 8.39. The number of hydrogen-bond donors (Lipinski definition) is 1. The van der Waals surface area contributed by atoms with Gasteiger partial charge in [0, 0.05) is 31.2 Å². The third kappa shape index (κ3) is 6.04. The highest BCUT2D eigenvalue weighted by Crippen LogP contribution is 2.25. The number of carbonyl (C=O) groups is 2. The Labute approximate surface area is 163 Å². The molecule has 2 rings (SSSR count). The van der Waals surface area contributed by atoms with Gasteiger partial charge in [-0.25, -0.2) is 0 Å². The normalized spacial score (nSPS) is 10.6. The number of amides is 2. The molecule has 2 amide bonds. The van der Waals surface area contributed by atoms with Gasteiger partial charge in [0.25, 0.3) is 0 Å². The smallest absolute Gasteiger partial charge is 0.244 e. The largest absolute Gasteiger partial charge is 0.333 e. The summed E-state index contributed by atoms with van der Waals surface area (Å²) in [5.41, 5.74) is 1.47. The number of benzene rings is 1. The van der Waals surface area contributed by atoms with Crippen molar-refractivity contribution in [2.45, 2.75) is 26.2 Å². The molecule has 26 heavy (non-hydrogen) atoms. The molecule has 0 saturated heterocycles. The van der Waals surface area contributed by atoms with Crippen LogP contribution in [-0.4, -0.2) is 39.6 Å². The van der Waals surface area contributed by atoms with E-state index in [4.69, 9.17) is 23.2 Å². The maximum atomic E-state index is 12.5. The monoisotopic (exact) mass is 396 g/mol.